The maximum atomic E-state index is 13.2. The van der Waals surface area contributed by atoms with Crippen LogP contribution in [0.1, 0.15) is 23.2 Å². The molecule has 1 aromatic carbocycles. The number of sulfonamides is 1. The Kier molecular flexibility index (Phi) is 5.12. The van der Waals surface area contributed by atoms with E-state index in [0.717, 1.165) is 31.2 Å². The fourth-order valence-electron chi connectivity index (χ4n) is 2.50. The van der Waals surface area contributed by atoms with Gasteiger partial charge in [-0.25, -0.2) is 21.9 Å². The highest BCUT2D eigenvalue weighted by atomic mass is 32.2. The summed E-state index contributed by atoms with van der Waals surface area (Å²) in [7, 11) is -3.27. The van der Waals surface area contributed by atoms with E-state index < -0.39 is 21.7 Å². The molecule has 122 valence electrons. The number of hydrogen-bond donors (Lipinski definition) is 1. The molecule has 1 aliphatic heterocycles. The molecule has 1 aliphatic rings. The summed E-state index contributed by atoms with van der Waals surface area (Å²) in [6.45, 7) is 1.17. The number of nitrogens with zero attached hydrogens (tertiary/aromatic N) is 1. The largest absolute Gasteiger partial charge is 0.338 e. The van der Waals surface area contributed by atoms with Crippen LogP contribution >= 0.6 is 0 Å². The van der Waals surface area contributed by atoms with E-state index in [1.54, 1.807) is 4.90 Å². The van der Waals surface area contributed by atoms with Crippen LogP contribution in [-0.4, -0.2) is 45.1 Å². The lowest BCUT2D eigenvalue weighted by Crippen LogP contribution is -2.43. The first-order valence-electron chi connectivity index (χ1n) is 6.95. The van der Waals surface area contributed by atoms with Crippen molar-refractivity contribution in [3.63, 3.8) is 0 Å². The molecule has 1 saturated heterocycles. The second-order valence-corrected chi connectivity index (χ2v) is 7.34. The number of rotatable bonds is 4. The summed E-state index contributed by atoms with van der Waals surface area (Å²) in [5.74, 6) is -2.41. The molecule has 0 aromatic heterocycles. The summed E-state index contributed by atoms with van der Waals surface area (Å²) < 4.78 is 50.8. The van der Waals surface area contributed by atoms with Crippen LogP contribution in [0.5, 0.6) is 0 Å². The molecule has 1 N–H and O–H groups in total. The lowest BCUT2D eigenvalue weighted by molar-refractivity contribution is 0.0676. The van der Waals surface area contributed by atoms with Gasteiger partial charge < -0.3 is 4.90 Å². The van der Waals surface area contributed by atoms with Gasteiger partial charge in [-0.05, 0) is 37.0 Å². The Morgan fingerprint density at radius 2 is 2.09 bits per heavy atom. The fourth-order valence-corrected chi connectivity index (χ4v) is 3.04. The number of piperidine rings is 1. The van der Waals surface area contributed by atoms with Crippen molar-refractivity contribution >= 4 is 15.9 Å². The van der Waals surface area contributed by atoms with Crippen molar-refractivity contribution in [3.8, 4) is 0 Å². The third-order valence-electron chi connectivity index (χ3n) is 3.61. The average molecular weight is 332 g/mol. The number of amides is 1. The maximum Gasteiger partial charge on any atom is 0.253 e. The summed E-state index contributed by atoms with van der Waals surface area (Å²) in [5.41, 5.74) is 0.0932. The summed E-state index contributed by atoms with van der Waals surface area (Å²) in [5, 5.41) is 0. The standard InChI is InChI=1S/C14H18F2N2O3S/c1-22(20,21)17-8-10-3-2-6-18(9-10)14(19)11-4-5-12(15)13(16)7-11/h4-5,7,10,17H,2-3,6,8-9H2,1H3/t10-/m0/s1. The molecule has 0 aliphatic carbocycles. The Balaban J connectivity index is 2.02. The molecule has 1 aromatic rings. The average Bonchev–Trinajstić information content (AvgIpc) is 2.47. The zero-order valence-electron chi connectivity index (χ0n) is 12.2. The zero-order chi connectivity index (χ0) is 16.3. The molecule has 1 amide bonds. The molecular weight excluding hydrogens is 314 g/mol. The van der Waals surface area contributed by atoms with Crippen molar-refractivity contribution in [1.82, 2.24) is 9.62 Å². The smallest absolute Gasteiger partial charge is 0.253 e. The highest BCUT2D eigenvalue weighted by Gasteiger charge is 2.25. The van der Waals surface area contributed by atoms with Gasteiger partial charge in [-0.1, -0.05) is 0 Å². The van der Waals surface area contributed by atoms with E-state index in [4.69, 9.17) is 0 Å². The Morgan fingerprint density at radius 3 is 2.73 bits per heavy atom. The molecule has 0 spiro atoms. The van der Waals surface area contributed by atoms with Crippen LogP contribution in [0.15, 0.2) is 18.2 Å². The maximum absolute atomic E-state index is 13.2. The summed E-state index contributed by atoms with van der Waals surface area (Å²) in [6.07, 6.45) is 2.63. The molecule has 1 atom stereocenters. The molecule has 1 fully saturated rings. The van der Waals surface area contributed by atoms with Crippen molar-refractivity contribution < 1.29 is 22.0 Å². The van der Waals surface area contributed by atoms with E-state index in [1.807, 2.05) is 0 Å². The van der Waals surface area contributed by atoms with Gasteiger partial charge in [0.15, 0.2) is 11.6 Å². The van der Waals surface area contributed by atoms with Crippen LogP contribution < -0.4 is 4.72 Å². The van der Waals surface area contributed by atoms with Crippen LogP contribution in [0.2, 0.25) is 0 Å². The van der Waals surface area contributed by atoms with Gasteiger partial charge in [0, 0.05) is 25.2 Å². The van der Waals surface area contributed by atoms with Gasteiger partial charge in [0.1, 0.15) is 0 Å². The zero-order valence-corrected chi connectivity index (χ0v) is 13.0. The van der Waals surface area contributed by atoms with Crippen molar-refractivity contribution in [3.05, 3.63) is 35.4 Å². The van der Waals surface area contributed by atoms with E-state index in [0.29, 0.717) is 13.1 Å². The summed E-state index contributed by atoms with van der Waals surface area (Å²) >= 11 is 0. The molecule has 0 bridgehead atoms. The van der Waals surface area contributed by atoms with E-state index in [-0.39, 0.29) is 23.9 Å². The predicted octanol–water partition coefficient (Wildman–Crippen LogP) is 1.37. The predicted molar refractivity (Wildman–Crippen MR) is 77.8 cm³/mol. The molecule has 1 heterocycles. The van der Waals surface area contributed by atoms with E-state index in [9.17, 15) is 22.0 Å². The lowest BCUT2D eigenvalue weighted by Gasteiger charge is -2.32. The van der Waals surface area contributed by atoms with Crippen LogP contribution in [0.4, 0.5) is 8.78 Å². The minimum Gasteiger partial charge on any atom is -0.338 e. The van der Waals surface area contributed by atoms with Gasteiger partial charge in [0.25, 0.3) is 5.91 Å². The summed E-state index contributed by atoms with van der Waals surface area (Å²) in [4.78, 5) is 13.9. The van der Waals surface area contributed by atoms with Crippen LogP contribution in [0.3, 0.4) is 0 Å². The molecular formula is C14H18F2N2O3S. The van der Waals surface area contributed by atoms with E-state index >= 15 is 0 Å². The summed E-state index contributed by atoms with van der Waals surface area (Å²) in [6, 6.07) is 3.06. The topological polar surface area (TPSA) is 66.5 Å². The number of halogens is 2. The fraction of sp³-hybridized carbons (Fsp3) is 0.500. The Labute approximate surface area is 128 Å². The van der Waals surface area contributed by atoms with Crippen LogP contribution in [0, 0.1) is 17.6 Å². The normalized spacial score (nSPS) is 19.2. The highest BCUT2D eigenvalue weighted by Crippen LogP contribution is 2.19. The first-order chi connectivity index (χ1) is 10.3. The van der Waals surface area contributed by atoms with E-state index in [1.165, 1.54) is 6.07 Å². The van der Waals surface area contributed by atoms with Crippen molar-refractivity contribution in [1.29, 1.82) is 0 Å². The number of benzene rings is 1. The Hall–Kier alpha value is -1.54. The van der Waals surface area contributed by atoms with Gasteiger partial charge in [-0.2, -0.15) is 0 Å². The molecule has 0 radical (unpaired) electrons. The SMILES string of the molecule is CS(=O)(=O)NC[C@@H]1CCCN(C(=O)c2ccc(F)c(F)c2)C1. The third-order valence-corrected chi connectivity index (χ3v) is 4.30. The van der Waals surface area contributed by atoms with Gasteiger partial charge in [0.2, 0.25) is 10.0 Å². The molecule has 22 heavy (non-hydrogen) atoms. The van der Waals surface area contributed by atoms with Crippen LogP contribution in [-0.2, 0) is 10.0 Å². The molecule has 0 saturated carbocycles. The lowest BCUT2D eigenvalue weighted by atomic mass is 9.97. The quantitative estimate of drug-likeness (QED) is 0.905. The van der Waals surface area contributed by atoms with Gasteiger partial charge >= 0.3 is 0 Å². The number of nitrogens with one attached hydrogen (secondary N) is 1. The minimum absolute atomic E-state index is 0.0118. The second-order valence-electron chi connectivity index (χ2n) is 5.51. The second kappa shape index (κ2) is 6.70. The molecule has 0 unspecified atom stereocenters. The third kappa shape index (κ3) is 4.48. The number of carbonyl (C=O) groups excluding carboxylic acids is 1. The van der Waals surface area contributed by atoms with Crippen molar-refractivity contribution in [2.75, 3.05) is 25.9 Å². The first kappa shape index (κ1) is 16.8. The van der Waals surface area contributed by atoms with E-state index in [2.05, 4.69) is 4.72 Å². The van der Waals surface area contributed by atoms with Gasteiger partial charge in [-0.3, -0.25) is 4.79 Å². The molecule has 8 heteroatoms. The monoisotopic (exact) mass is 332 g/mol. The first-order valence-corrected chi connectivity index (χ1v) is 8.84. The number of carbonyl (C=O) groups is 1. The Bertz CT molecular complexity index is 664. The number of hydrogen-bond acceptors (Lipinski definition) is 3. The highest BCUT2D eigenvalue weighted by molar-refractivity contribution is 7.88. The van der Waals surface area contributed by atoms with Crippen molar-refractivity contribution in [2.24, 2.45) is 5.92 Å². The van der Waals surface area contributed by atoms with Gasteiger partial charge in [-0.15, -0.1) is 0 Å². The molecule has 2 rings (SSSR count). The molecule has 5 nitrogen and oxygen atoms in total. The number of likely N-dealkylation sites (tertiary alicyclic amines) is 1. The van der Waals surface area contributed by atoms with Crippen molar-refractivity contribution in [2.45, 2.75) is 12.8 Å². The van der Waals surface area contributed by atoms with Gasteiger partial charge in [0.05, 0.1) is 6.26 Å². The van der Waals surface area contributed by atoms with Crippen LogP contribution in [0.25, 0.3) is 0 Å². The Morgan fingerprint density at radius 1 is 1.36 bits per heavy atom. The minimum atomic E-state index is -3.27.